The zero-order valence-electron chi connectivity index (χ0n) is 11.4. The molecule has 106 valence electrons. The fourth-order valence-electron chi connectivity index (χ4n) is 2.40. The molecule has 0 heterocycles. The molecule has 0 aromatic heterocycles. The summed E-state index contributed by atoms with van der Waals surface area (Å²) in [4.78, 5) is 24.0. The van der Waals surface area contributed by atoms with Crippen molar-refractivity contribution < 1.29 is 57.2 Å². The van der Waals surface area contributed by atoms with Crippen LogP contribution in [0, 0.1) is 0 Å². The van der Waals surface area contributed by atoms with Gasteiger partial charge < -0.3 is 9.66 Å². The largest absolute Gasteiger partial charge is 1.00 e. The molecular formula is C14H7NaO6S. The minimum Gasteiger partial charge on any atom is -0.744 e. The SMILES string of the molecule is O=C1c2cccc(S(=O)(=O)[O-])c2C(=O)c2cccc(O)c21.[Na+]. The third-order valence-electron chi connectivity index (χ3n) is 3.28. The summed E-state index contributed by atoms with van der Waals surface area (Å²) in [5, 5.41) is 9.75. The van der Waals surface area contributed by atoms with E-state index < -0.39 is 32.1 Å². The van der Waals surface area contributed by atoms with Crippen LogP contribution in [-0.4, -0.2) is 29.6 Å². The smallest absolute Gasteiger partial charge is 0.744 e. The Bertz CT molecular complexity index is 917. The Hall–Kier alpha value is -1.51. The fraction of sp³-hybridized carbons (Fsp3) is 0. The van der Waals surface area contributed by atoms with Gasteiger partial charge in [0.2, 0.25) is 0 Å². The zero-order chi connectivity index (χ0) is 15.4. The topological polar surface area (TPSA) is 112 Å². The molecule has 0 radical (unpaired) electrons. The number of fused-ring (bicyclic) bond motifs is 2. The van der Waals surface area contributed by atoms with Crippen molar-refractivity contribution in [2.75, 3.05) is 0 Å². The van der Waals surface area contributed by atoms with Gasteiger partial charge in [-0.2, -0.15) is 0 Å². The Balaban J connectivity index is 0.00000176. The summed E-state index contributed by atoms with van der Waals surface area (Å²) in [6.45, 7) is 0. The van der Waals surface area contributed by atoms with Crippen LogP contribution in [0.15, 0.2) is 41.3 Å². The van der Waals surface area contributed by atoms with E-state index >= 15 is 0 Å². The number of hydrogen-bond acceptors (Lipinski definition) is 6. The van der Waals surface area contributed by atoms with Gasteiger partial charge in [-0.3, -0.25) is 9.59 Å². The van der Waals surface area contributed by atoms with Crippen molar-refractivity contribution in [1.82, 2.24) is 0 Å². The Labute approximate surface area is 147 Å². The van der Waals surface area contributed by atoms with Crippen molar-refractivity contribution in [3.8, 4) is 5.75 Å². The van der Waals surface area contributed by atoms with Crippen LogP contribution in [0.5, 0.6) is 5.75 Å². The molecule has 8 heteroatoms. The van der Waals surface area contributed by atoms with Crippen molar-refractivity contribution in [3.05, 3.63) is 58.7 Å². The average Bonchev–Trinajstić information content (AvgIpc) is 2.43. The van der Waals surface area contributed by atoms with Crippen molar-refractivity contribution in [2.24, 2.45) is 0 Å². The van der Waals surface area contributed by atoms with E-state index in [1.165, 1.54) is 30.3 Å². The van der Waals surface area contributed by atoms with E-state index in [1.807, 2.05) is 0 Å². The Morgan fingerprint density at radius 1 is 0.864 bits per heavy atom. The second-order valence-electron chi connectivity index (χ2n) is 4.49. The van der Waals surface area contributed by atoms with Crippen LogP contribution in [0.3, 0.4) is 0 Å². The first-order chi connectivity index (χ1) is 9.82. The van der Waals surface area contributed by atoms with Gasteiger partial charge in [-0.05, 0) is 12.1 Å². The molecule has 0 spiro atoms. The van der Waals surface area contributed by atoms with Crippen LogP contribution < -0.4 is 29.6 Å². The predicted molar refractivity (Wildman–Crippen MR) is 69.4 cm³/mol. The molecule has 1 aliphatic rings. The molecule has 2 aromatic rings. The Morgan fingerprint density at radius 2 is 1.36 bits per heavy atom. The third kappa shape index (κ3) is 2.41. The van der Waals surface area contributed by atoms with Gasteiger partial charge in [0.05, 0.1) is 16.0 Å². The summed E-state index contributed by atoms with van der Waals surface area (Å²) in [6, 6.07) is 7.35. The normalized spacial score (nSPS) is 13.1. The molecule has 1 aliphatic carbocycles. The number of phenols is 1. The van der Waals surface area contributed by atoms with Gasteiger partial charge in [0.1, 0.15) is 15.9 Å². The van der Waals surface area contributed by atoms with Crippen LogP contribution in [0.2, 0.25) is 0 Å². The van der Waals surface area contributed by atoms with E-state index in [-0.39, 0.29) is 52.0 Å². The summed E-state index contributed by atoms with van der Waals surface area (Å²) in [5.74, 6) is -1.83. The minimum atomic E-state index is -4.90. The van der Waals surface area contributed by atoms with Gasteiger partial charge >= 0.3 is 29.6 Å². The molecule has 3 rings (SSSR count). The number of carbonyl (C=O) groups is 2. The predicted octanol–water partition coefficient (Wildman–Crippen LogP) is -1.92. The first kappa shape index (κ1) is 16.9. The molecule has 0 unspecified atom stereocenters. The van der Waals surface area contributed by atoms with Gasteiger partial charge in [0.15, 0.2) is 11.6 Å². The summed E-state index contributed by atoms with van der Waals surface area (Å²) in [6.07, 6.45) is 0. The summed E-state index contributed by atoms with van der Waals surface area (Å²) >= 11 is 0. The van der Waals surface area contributed by atoms with Crippen molar-refractivity contribution in [3.63, 3.8) is 0 Å². The zero-order valence-corrected chi connectivity index (χ0v) is 14.2. The second-order valence-corrected chi connectivity index (χ2v) is 5.84. The van der Waals surface area contributed by atoms with E-state index in [4.69, 9.17) is 0 Å². The maximum absolute atomic E-state index is 12.4. The molecule has 0 aliphatic heterocycles. The van der Waals surface area contributed by atoms with E-state index in [0.29, 0.717) is 0 Å². The second kappa shape index (κ2) is 5.60. The molecule has 22 heavy (non-hydrogen) atoms. The molecule has 0 amide bonds. The Kier molecular flexibility index (Phi) is 4.29. The quantitative estimate of drug-likeness (QED) is 0.412. The summed E-state index contributed by atoms with van der Waals surface area (Å²) in [7, 11) is -4.90. The molecule has 0 fully saturated rings. The fourth-order valence-corrected chi connectivity index (χ4v) is 3.10. The van der Waals surface area contributed by atoms with Crippen LogP contribution in [0.4, 0.5) is 0 Å². The number of aromatic hydroxyl groups is 1. The van der Waals surface area contributed by atoms with E-state index in [0.717, 1.165) is 6.07 Å². The van der Waals surface area contributed by atoms with Crippen LogP contribution in [0.25, 0.3) is 0 Å². The maximum atomic E-state index is 12.4. The van der Waals surface area contributed by atoms with E-state index in [2.05, 4.69) is 0 Å². The minimum absolute atomic E-state index is 0. The number of ketones is 2. The first-order valence-corrected chi connectivity index (χ1v) is 7.23. The van der Waals surface area contributed by atoms with Gasteiger partial charge in [0, 0.05) is 11.1 Å². The Morgan fingerprint density at radius 3 is 1.95 bits per heavy atom. The van der Waals surface area contributed by atoms with Crippen molar-refractivity contribution in [1.29, 1.82) is 0 Å². The monoisotopic (exact) mass is 326 g/mol. The molecule has 0 bridgehead atoms. The standard InChI is InChI=1S/C14H8O6S.Na/c15-9-5-1-3-7-11(9)13(16)8-4-2-6-10(21(18,19)20)12(8)14(7)17;/h1-6,15H,(H,18,19,20);/q;+1/p-1. The number of carbonyl (C=O) groups excluding carboxylic acids is 2. The van der Waals surface area contributed by atoms with Gasteiger partial charge in [-0.15, -0.1) is 0 Å². The van der Waals surface area contributed by atoms with Crippen molar-refractivity contribution >= 4 is 21.7 Å². The molecule has 6 nitrogen and oxygen atoms in total. The van der Waals surface area contributed by atoms with E-state index in [9.17, 15) is 27.7 Å². The number of phenolic OH excluding ortho intramolecular Hbond substituents is 1. The third-order valence-corrected chi connectivity index (χ3v) is 4.16. The number of benzene rings is 2. The van der Waals surface area contributed by atoms with Crippen LogP contribution in [0.1, 0.15) is 31.8 Å². The number of hydrogen-bond donors (Lipinski definition) is 1. The molecule has 0 saturated heterocycles. The van der Waals surface area contributed by atoms with Crippen LogP contribution >= 0.6 is 0 Å². The average molecular weight is 326 g/mol. The van der Waals surface area contributed by atoms with Gasteiger partial charge in [-0.25, -0.2) is 8.42 Å². The molecule has 0 atom stereocenters. The van der Waals surface area contributed by atoms with Gasteiger partial charge in [0.25, 0.3) is 0 Å². The van der Waals surface area contributed by atoms with Crippen LogP contribution in [-0.2, 0) is 10.1 Å². The number of rotatable bonds is 1. The maximum Gasteiger partial charge on any atom is 1.00 e. The summed E-state index contributed by atoms with van der Waals surface area (Å²) < 4.78 is 33.8. The molecule has 1 N–H and O–H groups in total. The first-order valence-electron chi connectivity index (χ1n) is 5.82. The molecular weight excluding hydrogens is 319 g/mol. The molecule has 0 saturated carbocycles. The van der Waals surface area contributed by atoms with Gasteiger partial charge in [-0.1, -0.05) is 24.3 Å². The van der Waals surface area contributed by atoms with E-state index in [1.54, 1.807) is 0 Å². The summed E-state index contributed by atoms with van der Waals surface area (Å²) in [5.41, 5.74) is -0.944. The van der Waals surface area contributed by atoms with Crippen molar-refractivity contribution in [2.45, 2.75) is 4.90 Å². The molecule has 2 aromatic carbocycles.